The van der Waals surface area contributed by atoms with E-state index in [-0.39, 0.29) is 22.8 Å². The molecule has 7 nitrogen and oxygen atoms in total. The van der Waals surface area contributed by atoms with Crippen molar-refractivity contribution in [2.45, 2.75) is 6.61 Å². The van der Waals surface area contributed by atoms with Crippen LogP contribution >= 0.6 is 11.3 Å². The molecule has 0 aliphatic rings. The predicted octanol–water partition coefficient (Wildman–Crippen LogP) is 3.19. The molecule has 0 radical (unpaired) electrons. The number of pyridine rings is 2. The Kier molecular flexibility index (Phi) is 4.58. The summed E-state index contributed by atoms with van der Waals surface area (Å²) in [5.41, 5.74) is 1.36. The van der Waals surface area contributed by atoms with Crippen LogP contribution in [-0.2, 0) is 13.7 Å². The van der Waals surface area contributed by atoms with Crippen molar-refractivity contribution < 1.29 is 14.7 Å². The third kappa shape index (κ3) is 2.92. The Morgan fingerprint density at radius 2 is 1.96 bits per heavy atom. The van der Waals surface area contributed by atoms with Crippen molar-refractivity contribution in [2.24, 2.45) is 7.05 Å². The van der Waals surface area contributed by atoms with Crippen LogP contribution in [-0.4, -0.2) is 32.8 Å². The van der Waals surface area contributed by atoms with E-state index in [9.17, 15) is 14.8 Å². The molecule has 28 heavy (non-hydrogen) atoms. The third-order valence-electron chi connectivity index (χ3n) is 4.51. The molecule has 1 aromatic carbocycles. The minimum absolute atomic E-state index is 0.166. The first-order chi connectivity index (χ1) is 13.5. The molecule has 0 spiro atoms. The van der Waals surface area contributed by atoms with Crippen LogP contribution in [0.15, 0.2) is 53.6 Å². The summed E-state index contributed by atoms with van der Waals surface area (Å²) in [4.78, 5) is 29.8. The average Bonchev–Trinajstić information content (AvgIpc) is 3.10. The number of hydroxylamine groups is 2. The number of amides is 1. The van der Waals surface area contributed by atoms with E-state index in [0.29, 0.717) is 15.1 Å². The second-order valence-electron chi connectivity index (χ2n) is 6.32. The number of carbonyl (C=O) groups excluding carboxylic acids is 1. The number of para-hydroxylation sites is 1. The van der Waals surface area contributed by atoms with Gasteiger partial charge in [0.25, 0.3) is 11.5 Å². The highest BCUT2D eigenvalue weighted by molar-refractivity contribution is 7.22. The van der Waals surface area contributed by atoms with Crippen molar-refractivity contribution in [1.29, 1.82) is 0 Å². The van der Waals surface area contributed by atoms with E-state index in [1.54, 1.807) is 36.1 Å². The molecule has 0 saturated heterocycles. The minimum atomic E-state index is -0.628. The number of aryl methyl sites for hydroxylation is 1. The fraction of sp³-hybridized carbons (Fsp3) is 0.150. The van der Waals surface area contributed by atoms with Crippen LogP contribution in [0, 0.1) is 0 Å². The van der Waals surface area contributed by atoms with Crippen LogP contribution in [0.4, 0.5) is 0 Å². The highest BCUT2D eigenvalue weighted by Gasteiger charge is 2.26. The lowest BCUT2D eigenvalue weighted by molar-refractivity contribution is -0.0373. The molecule has 0 bridgehead atoms. The Morgan fingerprint density at radius 1 is 1.25 bits per heavy atom. The molecule has 8 heteroatoms. The van der Waals surface area contributed by atoms with Gasteiger partial charge in [-0.15, -0.1) is 11.3 Å². The highest BCUT2D eigenvalue weighted by Crippen LogP contribution is 2.40. The lowest BCUT2D eigenvalue weighted by Crippen LogP contribution is -2.22. The number of ether oxygens (including phenoxy) is 1. The number of rotatable bonds is 4. The Labute approximate surface area is 164 Å². The number of thiophene rings is 1. The molecule has 0 aliphatic carbocycles. The van der Waals surface area contributed by atoms with Crippen LogP contribution in [0.5, 0.6) is 5.75 Å². The lowest BCUT2D eigenvalue weighted by atomic mass is 10.1. The van der Waals surface area contributed by atoms with Gasteiger partial charge in [0.2, 0.25) is 0 Å². The quantitative estimate of drug-likeness (QED) is 0.424. The van der Waals surface area contributed by atoms with Gasteiger partial charge in [0.05, 0.1) is 10.2 Å². The molecule has 0 atom stereocenters. The van der Waals surface area contributed by atoms with Gasteiger partial charge in [-0.2, -0.15) is 0 Å². The van der Waals surface area contributed by atoms with Crippen LogP contribution in [0.1, 0.15) is 15.2 Å². The number of benzene rings is 1. The molecular weight excluding hydrogens is 378 g/mol. The first kappa shape index (κ1) is 18.1. The summed E-state index contributed by atoms with van der Waals surface area (Å²) >= 11 is 1.15. The average molecular weight is 395 g/mol. The molecule has 0 fully saturated rings. The molecule has 1 amide bonds. The van der Waals surface area contributed by atoms with E-state index in [0.717, 1.165) is 27.8 Å². The van der Waals surface area contributed by atoms with Crippen LogP contribution < -0.4 is 10.3 Å². The Morgan fingerprint density at radius 3 is 2.68 bits per heavy atom. The third-order valence-corrected chi connectivity index (χ3v) is 5.71. The standard InChI is InChI=1S/C20H17N3O4S/c1-22-14-6-4-3-5-13(14)17-15(19(22)24)16(18(28-17)20(25)23(2)26)27-11-12-7-9-21-10-8-12/h3-10,26H,11H2,1-2H3. The van der Waals surface area contributed by atoms with E-state index in [1.807, 2.05) is 24.3 Å². The monoisotopic (exact) mass is 395 g/mol. The smallest absolute Gasteiger partial charge is 0.290 e. The molecule has 142 valence electrons. The van der Waals surface area contributed by atoms with Crippen molar-refractivity contribution in [3.8, 4) is 5.75 Å². The van der Waals surface area contributed by atoms with Crippen LogP contribution in [0.25, 0.3) is 21.0 Å². The van der Waals surface area contributed by atoms with Crippen molar-refractivity contribution in [1.82, 2.24) is 14.6 Å². The van der Waals surface area contributed by atoms with Gasteiger partial charge in [0, 0.05) is 31.9 Å². The zero-order valence-corrected chi connectivity index (χ0v) is 16.1. The van der Waals surface area contributed by atoms with E-state index in [2.05, 4.69) is 4.98 Å². The predicted molar refractivity (Wildman–Crippen MR) is 107 cm³/mol. The van der Waals surface area contributed by atoms with E-state index < -0.39 is 5.91 Å². The molecule has 4 rings (SSSR count). The fourth-order valence-corrected chi connectivity index (χ4v) is 4.34. The summed E-state index contributed by atoms with van der Waals surface area (Å²) in [5.74, 6) is -0.439. The largest absolute Gasteiger partial charge is 0.486 e. The molecule has 0 saturated carbocycles. The maximum Gasteiger partial charge on any atom is 0.290 e. The Balaban J connectivity index is 1.98. The van der Waals surface area contributed by atoms with Crippen molar-refractivity contribution >= 4 is 38.2 Å². The fourth-order valence-electron chi connectivity index (χ4n) is 3.10. The van der Waals surface area contributed by atoms with E-state index in [4.69, 9.17) is 4.74 Å². The highest BCUT2D eigenvalue weighted by atomic mass is 32.1. The first-order valence-electron chi connectivity index (χ1n) is 8.52. The molecule has 0 aliphatic heterocycles. The first-order valence-corrected chi connectivity index (χ1v) is 9.33. The van der Waals surface area contributed by atoms with Crippen molar-refractivity contribution in [3.05, 3.63) is 69.6 Å². The van der Waals surface area contributed by atoms with Crippen LogP contribution in [0.3, 0.4) is 0 Å². The molecule has 4 aromatic rings. The van der Waals surface area contributed by atoms with Gasteiger partial charge in [-0.3, -0.25) is 19.8 Å². The van der Waals surface area contributed by atoms with Gasteiger partial charge < -0.3 is 9.30 Å². The van der Waals surface area contributed by atoms with Crippen LogP contribution in [0.2, 0.25) is 0 Å². The molecule has 3 heterocycles. The molecule has 3 aromatic heterocycles. The van der Waals surface area contributed by atoms with E-state index in [1.165, 1.54) is 7.05 Å². The summed E-state index contributed by atoms with van der Waals surface area (Å²) in [7, 11) is 2.93. The van der Waals surface area contributed by atoms with Gasteiger partial charge >= 0.3 is 0 Å². The maximum absolute atomic E-state index is 13.1. The van der Waals surface area contributed by atoms with Gasteiger partial charge in [0.15, 0.2) is 5.75 Å². The summed E-state index contributed by atoms with van der Waals surface area (Å²) in [5, 5.41) is 11.4. The Bertz CT molecular complexity index is 1250. The summed E-state index contributed by atoms with van der Waals surface area (Å²) in [6.07, 6.45) is 3.29. The Hall–Kier alpha value is -3.23. The summed E-state index contributed by atoms with van der Waals surface area (Å²) in [6.45, 7) is 0.166. The van der Waals surface area contributed by atoms with Crippen molar-refractivity contribution in [3.63, 3.8) is 0 Å². The lowest BCUT2D eigenvalue weighted by Gasteiger charge is -2.11. The summed E-state index contributed by atoms with van der Waals surface area (Å²) in [6, 6.07) is 11.1. The maximum atomic E-state index is 13.1. The van der Waals surface area contributed by atoms with Gasteiger partial charge in [0.1, 0.15) is 16.9 Å². The number of carbonyl (C=O) groups is 1. The SMILES string of the molecule is CN(O)C(=O)c1sc2c(c1OCc1ccncc1)c(=O)n(C)c1ccccc21. The minimum Gasteiger partial charge on any atom is -0.486 e. The normalized spacial score (nSPS) is 11.1. The summed E-state index contributed by atoms with van der Waals surface area (Å²) < 4.78 is 8.15. The second kappa shape index (κ2) is 7.06. The molecular formula is C20H17N3O4S. The van der Waals surface area contributed by atoms with Gasteiger partial charge in [-0.1, -0.05) is 18.2 Å². The van der Waals surface area contributed by atoms with Gasteiger partial charge in [-0.05, 0) is 23.8 Å². The topological polar surface area (TPSA) is 84.7 Å². The zero-order chi connectivity index (χ0) is 19.8. The second-order valence-corrected chi connectivity index (χ2v) is 7.34. The number of hydrogen-bond acceptors (Lipinski definition) is 6. The number of aromatic nitrogens is 2. The molecule has 0 unspecified atom stereocenters. The van der Waals surface area contributed by atoms with Gasteiger partial charge in [-0.25, -0.2) is 5.06 Å². The molecule has 1 N–H and O–H groups in total. The number of nitrogens with zero attached hydrogens (tertiary/aromatic N) is 3. The number of hydrogen-bond donors (Lipinski definition) is 1. The van der Waals surface area contributed by atoms with Crippen molar-refractivity contribution in [2.75, 3.05) is 7.05 Å². The van der Waals surface area contributed by atoms with E-state index >= 15 is 0 Å². The number of fused-ring (bicyclic) bond motifs is 3. The zero-order valence-electron chi connectivity index (χ0n) is 15.2.